The summed E-state index contributed by atoms with van der Waals surface area (Å²) in [6, 6.07) is 12.1. The largest absolute Gasteiger partial charge is 0.324 e. The second-order valence-corrected chi connectivity index (χ2v) is 8.39. The van der Waals surface area contributed by atoms with E-state index >= 15 is 0 Å². The number of nitrogens with zero attached hydrogens (tertiary/aromatic N) is 1. The maximum Gasteiger partial charge on any atom is 0.248 e. The highest BCUT2D eigenvalue weighted by Crippen LogP contribution is 2.25. The molecule has 1 amide bonds. The summed E-state index contributed by atoms with van der Waals surface area (Å²) >= 11 is 0. The molecule has 0 spiro atoms. The molecule has 2 rings (SSSR count). The van der Waals surface area contributed by atoms with Crippen LogP contribution in [0, 0.1) is 13.8 Å². The van der Waals surface area contributed by atoms with Crippen molar-refractivity contribution in [1.82, 2.24) is 0 Å². The molecule has 2 aromatic rings. The number of sulfonamides is 1. The van der Waals surface area contributed by atoms with Gasteiger partial charge in [0.1, 0.15) is 6.04 Å². The van der Waals surface area contributed by atoms with Gasteiger partial charge in [0.25, 0.3) is 0 Å². The van der Waals surface area contributed by atoms with Gasteiger partial charge in [-0.05, 0) is 56.0 Å². The summed E-state index contributed by atoms with van der Waals surface area (Å²) in [5.41, 5.74) is 4.13. The lowest BCUT2D eigenvalue weighted by atomic mass is 10.1. The van der Waals surface area contributed by atoms with Gasteiger partial charge in [-0.25, -0.2) is 8.42 Å². The highest BCUT2D eigenvalue weighted by molar-refractivity contribution is 7.92. The molecule has 0 saturated heterocycles. The molecule has 0 aliphatic rings. The van der Waals surface area contributed by atoms with Crippen molar-refractivity contribution in [2.75, 3.05) is 15.9 Å². The Morgan fingerprint density at radius 3 is 2.38 bits per heavy atom. The number of anilines is 2. The monoisotopic (exact) mass is 374 g/mol. The average molecular weight is 375 g/mol. The molecule has 5 nitrogen and oxygen atoms in total. The lowest BCUT2D eigenvalue weighted by Gasteiger charge is -2.29. The SMILES string of the molecule is CCc1cccc(C)c1NC(=O)[C@@H](C)N(c1cccc(C)c1)S(C)(=O)=O. The minimum atomic E-state index is -3.62. The van der Waals surface area contributed by atoms with Crippen LogP contribution in [-0.4, -0.2) is 26.6 Å². The zero-order chi connectivity index (χ0) is 19.5. The van der Waals surface area contributed by atoms with Crippen LogP contribution in [0.5, 0.6) is 0 Å². The van der Waals surface area contributed by atoms with Gasteiger partial charge >= 0.3 is 0 Å². The number of amides is 1. The van der Waals surface area contributed by atoms with Gasteiger partial charge in [0.05, 0.1) is 11.9 Å². The maximum absolute atomic E-state index is 12.9. The van der Waals surface area contributed by atoms with Crippen LogP contribution in [0.4, 0.5) is 11.4 Å². The van der Waals surface area contributed by atoms with Gasteiger partial charge in [0, 0.05) is 5.69 Å². The molecule has 0 bridgehead atoms. The fraction of sp³-hybridized carbons (Fsp3) is 0.350. The fourth-order valence-corrected chi connectivity index (χ4v) is 4.17. The molecule has 0 fully saturated rings. The van der Waals surface area contributed by atoms with E-state index in [4.69, 9.17) is 0 Å². The van der Waals surface area contributed by atoms with Crippen molar-refractivity contribution in [1.29, 1.82) is 0 Å². The molecule has 0 unspecified atom stereocenters. The molecule has 2 aromatic carbocycles. The predicted octanol–water partition coefficient (Wildman–Crippen LogP) is 3.66. The average Bonchev–Trinajstić information content (AvgIpc) is 2.55. The first-order valence-electron chi connectivity index (χ1n) is 8.60. The van der Waals surface area contributed by atoms with Crippen molar-refractivity contribution >= 4 is 27.3 Å². The molecule has 1 atom stereocenters. The molecule has 140 valence electrons. The standard InChI is InChI=1S/C20H26N2O3S/c1-6-17-11-8-10-15(3)19(17)21-20(23)16(4)22(26(5,24)25)18-12-7-9-14(2)13-18/h7-13,16H,6H2,1-5H3,(H,21,23)/t16-/m1/s1. The molecule has 0 aliphatic heterocycles. The predicted molar refractivity (Wildman–Crippen MR) is 107 cm³/mol. The highest BCUT2D eigenvalue weighted by atomic mass is 32.2. The smallest absolute Gasteiger partial charge is 0.248 e. The third kappa shape index (κ3) is 4.43. The van der Waals surface area contributed by atoms with Gasteiger partial charge in [-0.15, -0.1) is 0 Å². The van der Waals surface area contributed by atoms with Crippen LogP contribution in [-0.2, 0) is 21.2 Å². The van der Waals surface area contributed by atoms with E-state index in [1.807, 2.05) is 45.0 Å². The van der Waals surface area contributed by atoms with E-state index in [1.54, 1.807) is 25.1 Å². The minimum Gasteiger partial charge on any atom is -0.324 e. The number of hydrogen-bond acceptors (Lipinski definition) is 3. The second-order valence-electron chi connectivity index (χ2n) is 6.53. The number of carbonyl (C=O) groups excluding carboxylic acids is 1. The molecule has 0 aromatic heterocycles. The summed E-state index contributed by atoms with van der Waals surface area (Å²) < 4.78 is 25.9. The van der Waals surface area contributed by atoms with E-state index in [9.17, 15) is 13.2 Å². The molecule has 0 saturated carbocycles. The number of hydrogen-bond donors (Lipinski definition) is 1. The van der Waals surface area contributed by atoms with Crippen LogP contribution in [0.15, 0.2) is 42.5 Å². The normalized spacial score (nSPS) is 12.5. The Bertz CT molecular complexity index is 907. The van der Waals surface area contributed by atoms with Crippen molar-refractivity contribution in [2.45, 2.75) is 40.2 Å². The van der Waals surface area contributed by atoms with Crippen molar-refractivity contribution in [3.05, 3.63) is 59.2 Å². The van der Waals surface area contributed by atoms with E-state index in [-0.39, 0.29) is 5.91 Å². The Kier molecular flexibility index (Phi) is 6.08. The molecule has 6 heteroatoms. The molecule has 0 aliphatic carbocycles. The Labute approximate surface area is 156 Å². The molecular formula is C20H26N2O3S. The third-order valence-corrected chi connectivity index (χ3v) is 5.57. The van der Waals surface area contributed by atoms with Crippen LogP contribution in [0.1, 0.15) is 30.5 Å². The zero-order valence-electron chi connectivity index (χ0n) is 15.9. The number of benzene rings is 2. The molecule has 0 radical (unpaired) electrons. The van der Waals surface area contributed by atoms with Crippen molar-refractivity contribution in [3.8, 4) is 0 Å². The number of nitrogens with one attached hydrogen (secondary N) is 1. The van der Waals surface area contributed by atoms with Gasteiger partial charge in [-0.3, -0.25) is 9.10 Å². The topological polar surface area (TPSA) is 66.5 Å². The maximum atomic E-state index is 12.9. The van der Waals surface area contributed by atoms with E-state index in [2.05, 4.69) is 5.32 Å². The van der Waals surface area contributed by atoms with Crippen LogP contribution in [0.2, 0.25) is 0 Å². The number of carbonyl (C=O) groups is 1. The van der Waals surface area contributed by atoms with Crippen LogP contribution in [0.3, 0.4) is 0 Å². The number of aryl methyl sites for hydroxylation is 3. The second kappa shape index (κ2) is 7.91. The van der Waals surface area contributed by atoms with Gasteiger partial charge < -0.3 is 5.32 Å². The highest BCUT2D eigenvalue weighted by Gasteiger charge is 2.29. The quantitative estimate of drug-likeness (QED) is 0.839. The first-order valence-corrected chi connectivity index (χ1v) is 10.5. The summed E-state index contributed by atoms with van der Waals surface area (Å²) in [5, 5.41) is 2.92. The van der Waals surface area contributed by atoms with Crippen molar-refractivity contribution < 1.29 is 13.2 Å². The molecule has 26 heavy (non-hydrogen) atoms. The lowest BCUT2D eigenvalue weighted by molar-refractivity contribution is -0.116. The van der Waals surface area contributed by atoms with Gasteiger partial charge in [-0.2, -0.15) is 0 Å². The van der Waals surface area contributed by atoms with Crippen LogP contribution < -0.4 is 9.62 Å². The van der Waals surface area contributed by atoms with Crippen molar-refractivity contribution in [3.63, 3.8) is 0 Å². The van der Waals surface area contributed by atoms with Gasteiger partial charge in [0.15, 0.2) is 0 Å². The third-order valence-electron chi connectivity index (χ3n) is 4.33. The van der Waals surface area contributed by atoms with Gasteiger partial charge in [0.2, 0.25) is 15.9 Å². The first-order chi connectivity index (χ1) is 12.1. The summed E-state index contributed by atoms with van der Waals surface area (Å²) in [4.78, 5) is 12.9. The van der Waals surface area contributed by atoms with E-state index in [0.29, 0.717) is 5.69 Å². The summed E-state index contributed by atoms with van der Waals surface area (Å²) in [5.74, 6) is -0.360. The van der Waals surface area contributed by atoms with E-state index in [1.165, 1.54) is 4.31 Å². The Balaban J connectivity index is 2.38. The minimum absolute atomic E-state index is 0.360. The Morgan fingerprint density at radius 2 is 1.81 bits per heavy atom. The van der Waals surface area contributed by atoms with E-state index < -0.39 is 16.1 Å². The zero-order valence-corrected chi connectivity index (χ0v) is 16.7. The molecule has 1 N–H and O–H groups in total. The number of para-hydroxylation sites is 1. The Morgan fingerprint density at radius 1 is 1.15 bits per heavy atom. The summed E-state index contributed by atoms with van der Waals surface area (Å²) in [6.07, 6.45) is 1.89. The molecular weight excluding hydrogens is 348 g/mol. The number of rotatable bonds is 6. The molecule has 0 heterocycles. The lowest BCUT2D eigenvalue weighted by Crippen LogP contribution is -2.45. The summed E-state index contributed by atoms with van der Waals surface area (Å²) in [6.45, 7) is 7.43. The van der Waals surface area contributed by atoms with Crippen LogP contribution >= 0.6 is 0 Å². The van der Waals surface area contributed by atoms with E-state index in [0.717, 1.165) is 35.1 Å². The van der Waals surface area contributed by atoms with Gasteiger partial charge in [-0.1, -0.05) is 37.3 Å². The Hall–Kier alpha value is -2.34. The summed E-state index contributed by atoms with van der Waals surface area (Å²) in [7, 11) is -3.62. The van der Waals surface area contributed by atoms with Crippen molar-refractivity contribution in [2.24, 2.45) is 0 Å². The van der Waals surface area contributed by atoms with Crippen LogP contribution in [0.25, 0.3) is 0 Å². The first kappa shape index (κ1) is 20.0. The fourth-order valence-electron chi connectivity index (χ4n) is 3.00.